The Morgan fingerprint density at radius 3 is 2.50 bits per heavy atom. The van der Waals surface area contributed by atoms with E-state index in [-0.39, 0.29) is 11.3 Å². The number of carbonyl (C=O) groups excluding carboxylic acids is 2. The van der Waals surface area contributed by atoms with Crippen LogP contribution in [0.4, 0.5) is 5.00 Å². The average molecular weight is 397 g/mol. The predicted molar refractivity (Wildman–Crippen MR) is 117 cm³/mol. The molecule has 0 spiro atoms. The second-order valence-corrected chi connectivity index (χ2v) is 9.72. The van der Waals surface area contributed by atoms with Crippen molar-refractivity contribution >= 4 is 34.2 Å². The highest BCUT2D eigenvalue weighted by molar-refractivity contribution is 7.17. The van der Waals surface area contributed by atoms with E-state index in [4.69, 9.17) is 5.73 Å². The maximum Gasteiger partial charge on any atom is 0.251 e. The summed E-state index contributed by atoms with van der Waals surface area (Å²) in [7, 11) is 0. The van der Waals surface area contributed by atoms with Crippen LogP contribution in [0.1, 0.15) is 59.1 Å². The molecule has 1 aliphatic carbocycles. The summed E-state index contributed by atoms with van der Waals surface area (Å²) in [5.74, 6) is -0.164. The zero-order valence-electron chi connectivity index (χ0n) is 17.0. The Labute approximate surface area is 170 Å². The van der Waals surface area contributed by atoms with Gasteiger partial charge in [0, 0.05) is 11.0 Å². The normalized spacial score (nSPS) is 16.8. The summed E-state index contributed by atoms with van der Waals surface area (Å²) < 4.78 is 0. The van der Waals surface area contributed by atoms with Crippen LogP contribution < -0.4 is 11.1 Å². The molecule has 1 aliphatic rings. The zero-order valence-corrected chi connectivity index (χ0v) is 17.8. The standard InChI is InChI=1S/C23H28N2O2S/c1-14-5-7-15(8-6-14)9-12-19(26)25-22-20(21(24)27)17-11-10-16(23(2,3)4)13-18(17)28-22/h5-9,12,16H,10-11,13H2,1-4H3,(H2,24,27)(H,25,26)/b12-9+. The Hall–Kier alpha value is -2.40. The molecule has 0 radical (unpaired) electrons. The van der Waals surface area contributed by atoms with Crippen LogP contribution >= 0.6 is 11.3 Å². The first-order valence-electron chi connectivity index (χ1n) is 9.65. The van der Waals surface area contributed by atoms with Crippen LogP contribution in [0.15, 0.2) is 30.3 Å². The summed E-state index contributed by atoms with van der Waals surface area (Å²) in [6.07, 6.45) is 6.06. The third-order valence-corrected chi connectivity index (χ3v) is 6.65. The van der Waals surface area contributed by atoms with Crippen molar-refractivity contribution in [2.75, 3.05) is 5.32 Å². The molecule has 5 heteroatoms. The lowest BCUT2D eigenvalue weighted by Gasteiger charge is -2.33. The highest BCUT2D eigenvalue weighted by Crippen LogP contribution is 2.44. The number of nitrogens with one attached hydrogen (secondary N) is 1. The maximum absolute atomic E-state index is 12.4. The fraction of sp³-hybridized carbons (Fsp3) is 0.391. The minimum atomic E-state index is -0.468. The van der Waals surface area contributed by atoms with E-state index in [0.29, 0.717) is 16.5 Å². The van der Waals surface area contributed by atoms with Gasteiger partial charge >= 0.3 is 0 Å². The van der Waals surface area contributed by atoms with Crippen LogP contribution in [-0.2, 0) is 17.6 Å². The summed E-state index contributed by atoms with van der Waals surface area (Å²) in [5.41, 5.74) is 9.51. The Bertz CT molecular complexity index is 917. The molecule has 0 aliphatic heterocycles. The van der Waals surface area contributed by atoms with Crippen molar-refractivity contribution in [3.63, 3.8) is 0 Å². The number of rotatable bonds is 4. The van der Waals surface area contributed by atoms with Gasteiger partial charge in [0.15, 0.2) is 0 Å². The Morgan fingerprint density at radius 2 is 1.89 bits per heavy atom. The largest absolute Gasteiger partial charge is 0.365 e. The van der Waals surface area contributed by atoms with Gasteiger partial charge in [-0.1, -0.05) is 50.6 Å². The van der Waals surface area contributed by atoms with Gasteiger partial charge in [-0.2, -0.15) is 0 Å². The van der Waals surface area contributed by atoms with E-state index in [9.17, 15) is 9.59 Å². The quantitative estimate of drug-likeness (QED) is 0.717. The van der Waals surface area contributed by atoms with E-state index in [1.165, 1.54) is 27.9 Å². The van der Waals surface area contributed by atoms with Gasteiger partial charge in [-0.25, -0.2) is 0 Å². The maximum atomic E-state index is 12.4. The Morgan fingerprint density at radius 1 is 1.21 bits per heavy atom. The number of nitrogens with two attached hydrogens (primary N) is 1. The fourth-order valence-corrected chi connectivity index (χ4v) is 5.01. The SMILES string of the molecule is Cc1ccc(/C=C/C(=O)Nc2sc3c(c2C(N)=O)CCC(C(C)(C)C)C3)cc1. The first-order chi connectivity index (χ1) is 13.1. The van der Waals surface area contributed by atoms with E-state index in [2.05, 4.69) is 26.1 Å². The first-order valence-corrected chi connectivity index (χ1v) is 10.5. The highest BCUT2D eigenvalue weighted by Gasteiger charge is 2.33. The molecule has 1 aromatic heterocycles. The predicted octanol–water partition coefficient (Wildman–Crippen LogP) is 4.96. The molecule has 1 aromatic carbocycles. The van der Waals surface area contributed by atoms with Gasteiger partial charge < -0.3 is 11.1 Å². The molecular weight excluding hydrogens is 368 g/mol. The third-order valence-electron chi connectivity index (χ3n) is 5.48. The fourth-order valence-electron chi connectivity index (χ4n) is 3.68. The van der Waals surface area contributed by atoms with E-state index in [0.717, 1.165) is 30.4 Å². The second kappa shape index (κ2) is 7.92. The van der Waals surface area contributed by atoms with Crippen molar-refractivity contribution in [2.24, 2.45) is 17.1 Å². The molecule has 28 heavy (non-hydrogen) atoms. The molecule has 1 heterocycles. The molecule has 4 nitrogen and oxygen atoms in total. The van der Waals surface area contributed by atoms with Crippen molar-refractivity contribution in [3.05, 3.63) is 57.5 Å². The van der Waals surface area contributed by atoms with Gasteiger partial charge in [0.1, 0.15) is 5.00 Å². The van der Waals surface area contributed by atoms with Crippen LogP contribution in [0.3, 0.4) is 0 Å². The molecule has 3 N–H and O–H groups in total. The van der Waals surface area contributed by atoms with Gasteiger partial charge in [0.25, 0.3) is 5.91 Å². The summed E-state index contributed by atoms with van der Waals surface area (Å²) >= 11 is 1.50. The Balaban J connectivity index is 1.80. The van der Waals surface area contributed by atoms with Crippen LogP contribution in [0.2, 0.25) is 0 Å². The summed E-state index contributed by atoms with van der Waals surface area (Å²) in [6.45, 7) is 8.78. The number of carbonyl (C=O) groups is 2. The molecule has 148 valence electrons. The van der Waals surface area contributed by atoms with Gasteiger partial charge in [-0.05, 0) is 54.7 Å². The zero-order chi connectivity index (χ0) is 20.5. The minimum absolute atomic E-state index is 0.217. The molecule has 2 aromatic rings. The van der Waals surface area contributed by atoms with Crippen LogP contribution in [-0.4, -0.2) is 11.8 Å². The molecule has 2 amide bonds. The highest BCUT2D eigenvalue weighted by atomic mass is 32.1. The van der Waals surface area contributed by atoms with E-state index in [1.54, 1.807) is 6.08 Å². The number of fused-ring (bicyclic) bond motifs is 1. The van der Waals surface area contributed by atoms with E-state index >= 15 is 0 Å². The molecule has 0 fully saturated rings. The average Bonchev–Trinajstić information content (AvgIpc) is 2.97. The number of aryl methyl sites for hydroxylation is 1. The van der Waals surface area contributed by atoms with E-state index < -0.39 is 5.91 Å². The summed E-state index contributed by atoms with van der Waals surface area (Å²) in [6, 6.07) is 7.93. The monoisotopic (exact) mass is 396 g/mol. The number of anilines is 1. The Kier molecular flexibility index (Phi) is 5.75. The molecule has 0 bridgehead atoms. The number of thiophene rings is 1. The third kappa shape index (κ3) is 4.53. The number of hydrogen-bond donors (Lipinski definition) is 2. The van der Waals surface area contributed by atoms with Gasteiger partial charge in [0.2, 0.25) is 5.91 Å². The van der Waals surface area contributed by atoms with Crippen molar-refractivity contribution in [1.82, 2.24) is 0 Å². The molecular formula is C23H28N2O2S. The molecule has 3 rings (SSSR count). The molecule has 0 saturated heterocycles. The van der Waals surface area contributed by atoms with Crippen molar-refractivity contribution in [1.29, 1.82) is 0 Å². The van der Waals surface area contributed by atoms with Gasteiger partial charge in [-0.3, -0.25) is 9.59 Å². The van der Waals surface area contributed by atoms with E-state index in [1.807, 2.05) is 31.2 Å². The van der Waals surface area contributed by atoms with Crippen LogP contribution in [0.5, 0.6) is 0 Å². The van der Waals surface area contributed by atoms with Crippen molar-refractivity contribution in [2.45, 2.75) is 47.0 Å². The molecule has 1 atom stereocenters. The van der Waals surface area contributed by atoms with Gasteiger partial charge in [-0.15, -0.1) is 11.3 Å². The number of primary amides is 1. The van der Waals surface area contributed by atoms with Crippen molar-refractivity contribution < 1.29 is 9.59 Å². The van der Waals surface area contributed by atoms with Crippen LogP contribution in [0, 0.1) is 18.3 Å². The summed E-state index contributed by atoms with van der Waals surface area (Å²) in [4.78, 5) is 25.7. The smallest absolute Gasteiger partial charge is 0.251 e. The lowest BCUT2D eigenvalue weighted by atomic mass is 9.72. The lowest BCUT2D eigenvalue weighted by Crippen LogP contribution is -2.27. The number of amides is 2. The van der Waals surface area contributed by atoms with Crippen LogP contribution in [0.25, 0.3) is 6.08 Å². The minimum Gasteiger partial charge on any atom is -0.365 e. The van der Waals surface area contributed by atoms with Crippen molar-refractivity contribution in [3.8, 4) is 0 Å². The molecule has 0 saturated carbocycles. The second-order valence-electron chi connectivity index (χ2n) is 8.61. The number of benzene rings is 1. The summed E-state index contributed by atoms with van der Waals surface area (Å²) in [5, 5.41) is 3.45. The molecule has 1 unspecified atom stereocenters. The first kappa shape index (κ1) is 20.3. The number of hydrogen-bond acceptors (Lipinski definition) is 3. The van der Waals surface area contributed by atoms with Gasteiger partial charge in [0.05, 0.1) is 5.56 Å². The topological polar surface area (TPSA) is 72.2 Å². The lowest BCUT2D eigenvalue weighted by molar-refractivity contribution is -0.111.